The van der Waals surface area contributed by atoms with E-state index in [1.807, 2.05) is 0 Å². The van der Waals surface area contributed by atoms with Crippen LogP contribution in [-0.4, -0.2) is 13.2 Å². The summed E-state index contributed by atoms with van der Waals surface area (Å²) < 4.78 is 5.36. The monoisotopic (exact) mass is 229 g/mol. The number of benzene rings is 1. The van der Waals surface area contributed by atoms with E-state index >= 15 is 0 Å². The lowest BCUT2D eigenvalue weighted by Crippen LogP contribution is -2.46. The molecule has 90 valence electrons. The van der Waals surface area contributed by atoms with Crippen molar-refractivity contribution < 1.29 is 4.74 Å². The van der Waals surface area contributed by atoms with Crippen LogP contribution in [0, 0.1) is 11.3 Å². The van der Waals surface area contributed by atoms with Crippen molar-refractivity contribution in [3.8, 4) is 6.07 Å². The van der Waals surface area contributed by atoms with Gasteiger partial charge in [0.1, 0.15) is 0 Å². The lowest BCUT2D eigenvalue weighted by atomic mass is 9.75. The van der Waals surface area contributed by atoms with Gasteiger partial charge in [-0.3, -0.25) is 0 Å². The van der Waals surface area contributed by atoms with E-state index in [9.17, 15) is 0 Å². The van der Waals surface area contributed by atoms with Crippen molar-refractivity contribution >= 4 is 0 Å². The largest absolute Gasteiger partial charge is 0.379 e. The SMILES string of the molecule is CCCc1ccc(C2(CCC#N)COC2)cc1. The molecule has 17 heavy (non-hydrogen) atoms. The fourth-order valence-corrected chi connectivity index (χ4v) is 2.41. The van der Waals surface area contributed by atoms with E-state index in [4.69, 9.17) is 10.00 Å². The summed E-state index contributed by atoms with van der Waals surface area (Å²) in [6, 6.07) is 11.1. The van der Waals surface area contributed by atoms with Crippen LogP contribution in [0.3, 0.4) is 0 Å². The molecule has 2 heteroatoms. The first-order valence-electron chi connectivity index (χ1n) is 6.35. The van der Waals surface area contributed by atoms with Gasteiger partial charge in [0, 0.05) is 11.8 Å². The molecule has 0 bridgehead atoms. The van der Waals surface area contributed by atoms with E-state index in [0.717, 1.165) is 26.1 Å². The minimum Gasteiger partial charge on any atom is -0.379 e. The van der Waals surface area contributed by atoms with Crippen LogP contribution in [0.15, 0.2) is 24.3 Å². The number of nitriles is 1. The summed E-state index contributed by atoms with van der Waals surface area (Å²) in [6.07, 6.45) is 3.85. The van der Waals surface area contributed by atoms with Gasteiger partial charge in [-0.1, -0.05) is 37.6 Å². The highest BCUT2D eigenvalue weighted by Crippen LogP contribution is 2.36. The smallest absolute Gasteiger partial charge is 0.0622 e. The van der Waals surface area contributed by atoms with Crippen LogP contribution in [0.4, 0.5) is 0 Å². The van der Waals surface area contributed by atoms with Gasteiger partial charge in [-0.2, -0.15) is 5.26 Å². The van der Waals surface area contributed by atoms with Crippen molar-refractivity contribution in [2.45, 2.75) is 38.0 Å². The summed E-state index contributed by atoms with van der Waals surface area (Å²) >= 11 is 0. The van der Waals surface area contributed by atoms with Crippen LogP contribution >= 0.6 is 0 Å². The Morgan fingerprint density at radius 2 is 2.00 bits per heavy atom. The Kier molecular flexibility index (Phi) is 3.81. The minimum absolute atomic E-state index is 0.112. The molecule has 1 fully saturated rings. The first-order chi connectivity index (χ1) is 8.30. The molecule has 2 nitrogen and oxygen atoms in total. The Bertz CT molecular complexity index is 398. The van der Waals surface area contributed by atoms with E-state index in [1.54, 1.807) is 0 Å². The molecule has 0 atom stereocenters. The highest BCUT2D eigenvalue weighted by atomic mass is 16.5. The molecule has 0 aromatic heterocycles. The number of ether oxygens (including phenoxy) is 1. The number of rotatable bonds is 5. The summed E-state index contributed by atoms with van der Waals surface area (Å²) in [5, 5.41) is 8.72. The Labute approximate surface area is 103 Å². The fourth-order valence-electron chi connectivity index (χ4n) is 2.41. The van der Waals surface area contributed by atoms with Gasteiger partial charge >= 0.3 is 0 Å². The molecular weight excluding hydrogens is 210 g/mol. The first-order valence-corrected chi connectivity index (χ1v) is 6.35. The lowest BCUT2D eigenvalue weighted by Gasteiger charge is -2.41. The predicted molar refractivity (Wildman–Crippen MR) is 67.8 cm³/mol. The third-order valence-electron chi connectivity index (χ3n) is 3.58. The fraction of sp³-hybridized carbons (Fsp3) is 0.533. The predicted octanol–water partition coefficient (Wildman–Crippen LogP) is 3.21. The van der Waals surface area contributed by atoms with Crippen LogP contribution < -0.4 is 0 Å². The quantitative estimate of drug-likeness (QED) is 0.776. The third-order valence-corrected chi connectivity index (χ3v) is 3.58. The molecule has 0 spiro atoms. The minimum atomic E-state index is 0.112. The maximum Gasteiger partial charge on any atom is 0.0622 e. The van der Waals surface area contributed by atoms with Crippen molar-refractivity contribution in [2.75, 3.05) is 13.2 Å². The summed E-state index contributed by atoms with van der Waals surface area (Å²) in [5.41, 5.74) is 2.84. The van der Waals surface area contributed by atoms with E-state index in [0.29, 0.717) is 6.42 Å². The number of hydrogen-bond donors (Lipinski definition) is 0. The van der Waals surface area contributed by atoms with Gasteiger partial charge in [-0.25, -0.2) is 0 Å². The average molecular weight is 229 g/mol. The number of nitrogens with zero attached hydrogens (tertiary/aromatic N) is 1. The molecule has 0 amide bonds. The third kappa shape index (κ3) is 2.50. The van der Waals surface area contributed by atoms with Gasteiger partial charge in [-0.15, -0.1) is 0 Å². The molecule has 0 saturated carbocycles. The van der Waals surface area contributed by atoms with Crippen LogP contribution in [0.2, 0.25) is 0 Å². The van der Waals surface area contributed by atoms with Crippen LogP contribution in [0.1, 0.15) is 37.3 Å². The molecular formula is C15H19NO. The van der Waals surface area contributed by atoms with Gasteiger partial charge < -0.3 is 4.74 Å². The van der Waals surface area contributed by atoms with E-state index < -0.39 is 0 Å². The van der Waals surface area contributed by atoms with Crippen molar-refractivity contribution in [3.05, 3.63) is 35.4 Å². The standard InChI is InChI=1S/C15H19NO/c1-2-4-13-5-7-14(8-6-13)15(9-3-10-16)11-17-12-15/h5-8H,2-4,9,11-12H2,1H3. The van der Waals surface area contributed by atoms with E-state index in [2.05, 4.69) is 37.3 Å². The maximum atomic E-state index is 8.72. The molecule has 1 aliphatic heterocycles. The Morgan fingerprint density at radius 1 is 1.29 bits per heavy atom. The highest BCUT2D eigenvalue weighted by Gasteiger charge is 2.39. The van der Waals surface area contributed by atoms with Gasteiger partial charge in [0.05, 0.1) is 19.3 Å². The molecule has 0 N–H and O–H groups in total. The molecule has 0 radical (unpaired) electrons. The second-order valence-corrected chi connectivity index (χ2v) is 4.88. The Balaban J connectivity index is 2.12. The molecule has 0 unspecified atom stereocenters. The average Bonchev–Trinajstić information content (AvgIpc) is 2.30. The van der Waals surface area contributed by atoms with Crippen molar-refractivity contribution in [1.29, 1.82) is 5.26 Å². The summed E-state index contributed by atoms with van der Waals surface area (Å²) in [5.74, 6) is 0. The van der Waals surface area contributed by atoms with Gasteiger partial charge in [0.2, 0.25) is 0 Å². The van der Waals surface area contributed by atoms with Crippen LogP contribution in [0.25, 0.3) is 0 Å². The molecule has 0 aliphatic carbocycles. The molecule has 1 aromatic rings. The normalized spacial score (nSPS) is 17.2. The summed E-state index contributed by atoms with van der Waals surface area (Å²) in [4.78, 5) is 0. The number of hydrogen-bond acceptors (Lipinski definition) is 2. The van der Waals surface area contributed by atoms with Crippen molar-refractivity contribution in [3.63, 3.8) is 0 Å². The zero-order valence-corrected chi connectivity index (χ0v) is 10.4. The molecule has 1 aromatic carbocycles. The van der Waals surface area contributed by atoms with Gasteiger partial charge in [0.15, 0.2) is 0 Å². The highest BCUT2D eigenvalue weighted by molar-refractivity contribution is 5.31. The molecule has 1 aliphatic rings. The Morgan fingerprint density at radius 3 is 2.47 bits per heavy atom. The van der Waals surface area contributed by atoms with E-state index in [-0.39, 0.29) is 5.41 Å². The van der Waals surface area contributed by atoms with Crippen LogP contribution in [-0.2, 0) is 16.6 Å². The first kappa shape index (κ1) is 12.1. The lowest BCUT2D eigenvalue weighted by molar-refractivity contribution is -0.0637. The van der Waals surface area contributed by atoms with Crippen molar-refractivity contribution in [1.82, 2.24) is 0 Å². The van der Waals surface area contributed by atoms with Crippen LogP contribution in [0.5, 0.6) is 0 Å². The molecule has 1 heterocycles. The maximum absolute atomic E-state index is 8.72. The zero-order valence-electron chi connectivity index (χ0n) is 10.4. The second kappa shape index (κ2) is 5.33. The van der Waals surface area contributed by atoms with Crippen molar-refractivity contribution in [2.24, 2.45) is 0 Å². The second-order valence-electron chi connectivity index (χ2n) is 4.88. The van der Waals surface area contributed by atoms with Gasteiger partial charge in [0.25, 0.3) is 0 Å². The molecule has 1 saturated heterocycles. The topological polar surface area (TPSA) is 33.0 Å². The summed E-state index contributed by atoms with van der Waals surface area (Å²) in [7, 11) is 0. The zero-order chi connectivity index (χ0) is 12.1. The van der Waals surface area contributed by atoms with Gasteiger partial charge in [-0.05, 0) is 24.0 Å². The summed E-state index contributed by atoms with van der Waals surface area (Å²) in [6.45, 7) is 3.73. The number of aryl methyl sites for hydroxylation is 1. The Hall–Kier alpha value is -1.33. The molecule has 2 rings (SSSR count). The van der Waals surface area contributed by atoms with E-state index in [1.165, 1.54) is 17.5 Å².